The summed E-state index contributed by atoms with van der Waals surface area (Å²) in [6.45, 7) is 16.2. The maximum Gasteiger partial charge on any atom is 0.313 e. The number of ketones is 3. The van der Waals surface area contributed by atoms with Crippen LogP contribution in [-0.2, 0) is 38.2 Å². The lowest BCUT2D eigenvalue weighted by Gasteiger charge is -2.50. The highest BCUT2D eigenvalue weighted by Gasteiger charge is 2.59. The van der Waals surface area contributed by atoms with Gasteiger partial charge >= 0.3 is 11.9 Å². The van der Waals surface area contributed by atoms with E-state index in [1.54, 1.807) is 13.8 Å². The topological polar surface area (TPSA) is 154 Å². The Morgan fingerprint density at radius 3 is 2.19 bits per heavy atom. The van der Waals surface area contributed by atoms with Crippen molar-refractivity contribution in [3.8, 4) is 0 Å². The molecule has 2 bridgehead atoms. The van der Waals surface area contributed by atoms with Gasteiger partial charge in [0.1, 0.15) is 23.5 Å². The highest BCUT2D eigenvalue weighted by Crippen LogP contribution is 2.55. The van der Waals surface area contributed by atoms with Crippen molar-refractivity contribution in [2.24, 2.45) is 40.9 Å². The average molecular weight is 743 g/mol. The first kappa shape index (κ1) is 43.0. The maximum absolute atomic E-state index is 15.1. The van der Waals surface area contributed by atoms with E-state index in [1.165, 1.54) is 14.0 Å². The molecule has 0 aromatic rings. The van der Waals surface area contributed by atoms with Crippen molar-refractivity contribution >= 4 is 29.3 Å². The summed E-state index contributed by atoms with van der Waals surface area (Å²) in [5.74, 6) is -4.51. The first-order chi connectivity index (χ1) is 24.6. The molecule has 10 nitrogen and oxygen atoms in total. The molecular formula is C43H66O10. The van der Waals surface area contributed by atoms with Gasteiger partial charge in [-0.05, 0) is 83.6 Å². The number of aliphatic hydroxyl groups is 2. The number of methoxy groups -OCH3 is 1. The van der Waals surface area contributed by atoms with E-state index in [-0.39, 0.29) is 67.2 Å². The number of hydrogen-bond donors (Lipinski definition) is 2. The number of rotatable bonds is 3. The summed E-state index contributed by atoms with van der Waals surface area (Å²) in [5.41, 5.74) is -1.99. The van der Waals surface area contributed by atoms with Crippen LogP contribution in [0.3, 0.4) is 0 Å². The van der Waals surface area contributed by atoms with Gasteiger partial charge in [0.25, 0.3) is 0 Å². The number of Topliss-reactive ketones (excluding diaryl/α,β-unsaturated/α-hetero) is 3. The molecule has 2 aliphatic carbocycles. The van der Waals surface area contributed by atoms with E-state index in [0.717, 1.165) is 18.4 Å². The fourth-order valence-corrected chi connectivity index (χ4v) is 9.92. The molecule has 1 saturated carbocycles. The highest BCUT2D eigenvalue weighted by atomic mass is 16.5. The number of allylic oxidation sites excluding steroid dienone is 3. The first-order valence-electron chi connectivity index (χ1n) is 19.9. The Labute approximate surface area is 316 Å². The van der Waals surface area contributed by atoms with Gasteiger partial charge in [-0.1, -0.05) is 57.8 Å². The van der Waals surface area contributed by atoms with Gasteiger partial charge in [0.2, 0.25) is 0 Å². The van der Waals surface area contributed by atoms with Gasteiger partial charge in [0.15, 0.2) is 0 Å². The summed E-state index contributed by atoms with van der Waals surface area (Å²) in [5, 5.41) is 23.4. The van der Waals surface area contributed by atoms with Crippen LogP contribution in [0, 0.1) is 40.9 Å². The molecule has 11 atom stereocenters. The Balaban J connectivity index is 2.01. The van der Waals surface area contributed by atoms with Crippen LogP contribution >= 0.6 is 0 Å². The van der Waals surface area contributed by atoms with Gasteiger partial charge in [0.05, 0.1) is 35.9 Å². The molecule has 1 saturated heterocycles. The first-order valence-corrected chi connectivity index (χ1v) is 19.9. The summed E-state index contributed by atoms with van der Waals surface area (Å²) in [7, 11) is 1.28. The van der Waals surface area contributed by atoms with E-state index in [9.17, 15) is 29.4 Å². The van der Waals surface area contributed by atoms with Crippen molar-refractivity contribution < 1.29 is 48.4 Å². The van der Waals surface area contributed by atoms with Crippen LogP contribution in [0.5, 0.6) is 0 Å². The smallest absolute Gasteiger partial charge is 0.313 e. The van der Waals surface area contributed by atoms with Crippen molar-refractivity contribution in [1.29, 1.82) is 0 Å². The maximum atomic E-state index is 15.1. The van der Waals surface area contributed by atoms with Gasteiger partial charge in [0, 0.05) is 56.3 Å². The van der Waals surface area contributed by atoms with Crippen LogP contribution in [0.1, 0.15) is 139 Å². The van der Waals surface area contributed by atoms with Crippen LogP contribution in [0.25, 0.3) is 0 Å². The molecule has 0 amide bonds. The standard InChI is InChI=1S/C43H66O10/c1-24(2)30-20-32(45)27(5)13-11-12-25(3)19-33(46)39-31-18-26(4)14-15-36-41(8,49)17-16-37(53-36)42(9,50)23-35(52-29(7)44)38(31)28(6)21-43(39,22-34(30)47)40(48)51-10/h18,24-25,27,30-31,35-37,39,49-50H,11-17,19-23H2,1-10H3/t25-,27+,30-,31+,35+,36-,37+,39+,41+,42-,43+/m0/s1. The van der Waals surface area contributed by atoms with Crippen molar-refractivity contribution in [3.63, 3.8) is 0 Å². The molecule has 4 aliphatic rings. The van der Waals surface area contributed by atoms with Crippen LogP contribution in [0.15, 0.2) is 22.8 Å². The second kappa shape index (κ2) is 17.0. The fourth-order valence-electron chi connectivity index (χ4n) is 9.92. The molecule has 2 aliphatic heterocycles. The largest absolute Gasteiger partial charge is 0.469 e. The number of hydrogen-bond acceptors (Lipinski definition) is 10. The van der Waals surface area contributed by atoms with Gasteiger partial charge in [-0.15, -0.1) is 0 Å². The number of esters is 2. The Bertz CT molecular complexity index is 1470. The Morgan fingerprint density at radius 2 is 1.57 bits per heavy atom. The van der Waals surface area contributed by atoms with Crippen LogP contribution < -0.4 is 0 Å². The monoisotopic (exact) mass is 742 g/mol. The zero-order valence-corrected chi connectivity index (χ0v) is 33.9. The highest BCUT2D eigenvalue weighted by molar-refractivity contribution is 5.96. The number of fused-ring (bicyclic) bond motifs is 5. The average Bonchev–Trinajstić information content (AvgIpc) is 3.03. The molecule has 0 radical (unpaired) electrons. The van der Waals surface area contributed by atoms with E-state index in [4.69, 9.17) is 14.2 Å². The zero-order chi connectivity index (χ0) is 39.6. The third kappa shape index (κ3) is 9.58. The molecule has 0 spiro atoms. The third-order valence-electron chi connectivity index (χ3n) is 13.0. The molecule has 4 rings (SSSR count). The molecule has 298 valence electrons. The van der Waals surface area contributed by atoms with Gasteiger partial charge in [-0.3, -0.25) is 24.0 Å². The molecule has 0 aromatic carbocycles. The van der Waals surface area contributed by atoms with E-state index in [1.807, 2.05) is 47.6 Å². The molecule has 0 aromatic heterocycles. The van der Waals surface area contributed by atoms with E-state index in [0.29, 0.717) is 43.3 Å². The van der Waals surface area contributed by atoms with Crippen molar-refractivity contribution in [3.05, 3.63) is 22.8 Å². The van der Waals surface area contributed by atoms with E-state index >= 15 is 4.79 Å². The Morgan fingerprint density at radius 1 is 0.906 bits per heavy atom. The lowest BCUT2D eigenvalue weighted by Crippen LogP contribution is -2.56. The van der Waals surface area contributed by atoms with Gasteiger partial charge < -0.3 is 24.4 Å². The predicted octanol–water partition coefficient (Wildman–Crippen LogP) is 6.82. The van der Waals surface area contributed by atoms with Crippen molar-refractivity contribution in [2.45, 2.75) is 169 Å². The van der Waals surface area contributed by atoms with Crippen molar-refractivity contribution in [2.75, 3.05) is 7.11 Å². The summed E-state index contributed by atoms with van der Waals surface area (Å²) in [4.78, 5) is 70.5. The van der Waals surface area contributed by atoms with Crippen LogP contribution in [0.2, 0.25) is 0 Å². The van der Waals surface area contributed by atoms with Gasteiger partial charge in [-0.25, -0.2) is 0 Å². The second-order valence-corrected chi connectivity index (χ2v) is 18.1. The minimum absolute atomic E-state index is 0.00879. The normalized spacial score (nSPS) is 39.8. The summed E-state index contributed by atoms with van der Waals surface area (Å²) in [6, 6.07) is 0. The SMILES string of the molecule is COC(=O)[C@]12CC(=O)[C@H](C(C)C)CC(=O)[C@H](C)CCC[C@H](C)CC(=O)[C@H]1[C@@H]1C=C(C)CC[C@@H]3O[C@H](CC[C@@]3(C)O)[C@@](C)(O)C[C@@H](OC(C)=O)C1=C(C)C2. The number of carbonyl (C=O) groups excluding carboxylic acids is 5. The molecule has 10 heteroatoms. The second-order valence-electron chi connectivity index (χ2n) is 18.1. The fraction of sp³-hybridized carbons (Fsp3) is 0.791. The number of ether oxygens (including phenoxy) is 3. The number of carbonyl (C=O) groups is 5. The van der Waals surface area contributed by atoms with Crippen LogP contribution in [0.4, 0.5) is 0 Å². The molecular weight excluding hydrogens is 676 g/mol. The minimum atomic E-state index is -1.59. The molecule has 0 unspecified atom stereocenters. The van der Waals surface area contributed by atoms with E-state index in [2.05, 4.69) is 0 Å². The molecule has 53 heavy (non-hydrogen) atoms. The third-order valence-corrected chi connectivity index (χ3v) is 13.0. The minimum Gasteiger partial charge on any atom is -0.469 e. The molecule has 2 N–H and O–H groups in total. The Kier molecular flexibility index (Phi) is 13.8. The predicted molar refractivity (Wildman–Crippen MR) is 200 cm³/mol. The lowest BCUT2D eigenvalue weighted by molar-refractivity contribution is -0.220. The Hall–Kier alpha value is -2.69. The molecule has 2 fully saturated rings. The van der Waals surface area contributed by atoms with Crippen molar-refractivity contribution in [1.82, 2.24) is 0 Å². The van der Waals surface area contributed by atoms with Gasteiger partial charge in [-0.2, -0.15) is 0 Å². The summed E-state index contributed by atoms with van der Waals surface area (Å²) in [6.07, 6.45) is 3.59. The quantitative estimate of drug-likeness (QED) is 0.233. The van der Waals surface area contributed by atoms with Crippen LogP contribution in [-0.4, -0.2) is 76.1 Å². The zero-order valence-electron chi connectivity index (χ0n) is 33.9. The van der Waals surface area contributed by atoms with E-state index < -0.39 is 64.6 Å². The summed E-state index contributed by atoms with van der Waals surface area (Å²) < 4.78 is 18.0. The summed E-state index contributed by atoms with van der Waals surface area (Å²) >= 11 is 0. The molecule has 2 heterocycles. The lowest BCUT2D eigenvalue weighted by atomic mass is 9.54.